The molecule has 1 amide bonds. The summed E-state index contributed by atoms with van der Waals surface area (Å²) in [6.07, 6.45) is -1.56. The number of methoxy groups -OCH3 is 1. The molecule has 1 aromatic rings. The van der Waals surface area contributed by atoms with Crippen molar-refractivity contribution >= 4 is 11.8 Å². The minimum atomic E-state index is -0.947. The number of halogens is 1. The summed E-state index contributed by atoms with van der Waals surface area (Å²) in [6.45, 7) is 1.29. The number of amides is 1. The minimum absolute atomic E-state index is 0.00576. The van der Waals surface area contributed by atoms with Crippen LogP contribution in [0.15, 0.2) is 12.1 Å². The van der Waals surface area contributed by atoms with Crippen molar-refractivity contribution in [2.24, 2.45) is 5.73 Å². The SMILES string of the molecule is COc1cc(F)c(COC[C@@H](C)OC(N)=O)cc1[N+](=O)[O-]. The van der Waals surface area contributed by atoms with E-state index in [0.29, 0.717) is 0 Å². The lowest BCUT2D eigenvalue weighted by Crippen LogP contribution is -2.24. The number of nitrogens with two attached hydrogens (primary N) is 1. The normalized spacial score (nSPS) is 11.8. The van der Waals surface area contributed by atoms with Crippen LogP contribution in [-0.4, -0.2) is 30.8 Å². The first-order valence-corrected chi connectivity index (χ1v) is 5.89. The van der Waals surface area contributed by atoms with E-state index in [1.54, 1.807) is 0 Å². The Morgan fingerprint density at radius 2 is 2.19 bits per heavy atom. The Kier molecular flexibility index (Phi) is 5.85. The van der Waals surface area contributed by atoms with Gasteiger partial charge >= 0.3 is 11.8 Å². The van der Waals surface area contributed by atoms with Crippen molar-refractivity contribution in [1.82, 2.24) is 0 Å². The van der Waals surface area contributed by atoms with Crippen LogP contribution in [0.25, 0.3) is 0 Å². The smallest absolute Gasteiger partial charge is 0.404 e. The lowest BCUT2D eigenvalue weighted by molar-refractivity contribution is -0.385. The van der Waals surface area contributed by atoms with E-state index in [9.17, 15) is 19.3 Å². The fourth-order valence-corrected chi connectivity index (χ4v) is 1.57. The Labute approximate surface area is 119 Å². The first kappa shape index (κ1) is 16.6. The van der Waals surface area contributed by atoms with E-state index in [-0.39, 0.29) is 30.2 Å². The number of hydrogen-bond donors (Lipinski definition) is 1. The summed E-state index contributed by atoms with van der Waals surface area (Å²) in [7, 11) is 1.21. The van der Waals surface area contributed by atoms with Crippen LogP contribution >= 0.6 is 0 Å². The molecule has 2 N–H and O–H groups in total. The van der Waals surface area contributed by atoms with Gasteiger partial charge in [0.1, 0.15) is 11.9 Å². The Bertz CT molecular complexity index is 537. The van der Waals surface area contributed by atoms with E-state index in [1.807, 2.05) is 0 Å². The molecule has 0 heterocycles. The molecular weight excluding hydrogens is 287 g/mol. The number of carbonyl (C=O) groups excluding carboxylic acids is 1. The van der Waals surface area contributed by atoms with Crippen LogP contribution in [0.4, 0.5) is 14.9 Å². The zero-order chi connectivity index (χ0) is 16.0. The Hall–Kier alpha value is -2.42. The van der Waals surface area contributed by atoms with Crippen LogP contribution in [0, 0.1) is 15.9 Å². The van der Waals surface area contributed by atoms with E-state index in [0.717, 1.165) is 12.1 Å². The van der Waals surface area contributed by atoms with Crippen molar-refractivity contribution < 1.29 is 28.3 Å². The third-order valence-corrected chi connectivity index (χ3v) is 2.47. The fourth-order valence-electron chi connectivity index (χ4n) is 1.57. The standard InChI is InChI=1S/C12H15FN2O6/c1-7(21-12(14)16)5-20-6-8-3-10(15(17)18)11(19-2)4-9(8)13/h3-4,7H,5-6H2,1-2H3,(H2,14,16)/t7-/m1/s1. The van der Waals surface area contributed by atoms with Gasteiger partial charge < -0.3 is 19.9 Å². The number of primary amides is 1. The molecule has 9 heteroatoms. The molecular formula is C12H15FN2O6. The van der Waals surface area contributed by atoms with Gasteiger partial charge in [-0.05, 0) is 6.92 Å². The number of nitro benzene ring substituents is 1. The molecule has 0 radical (unpaired) electrons. The first-order chi connectivity index (χ1) is 9.85. The van der Waals surface area contributed by atoms with Gasteiger partial charge in [0.2, 0.25) is 0 Å². The highest BCUT2D eigenvalue weighted by Gasteiger charge is 2.19. The van der Waals surface area contributed by atoms with Crippen LogP contribution in [0.3, 0.4) is 0 Å². The van der Waals surface area contributed by atoms with Gasteiger partial charge in [0, 0.05) is 17.7 Å². The molecule has 0 saturated carbocycles. The molecule has 1 aromatic carbocycles. The van der Waals surface area contributed by atoms with Gasteiger partial charge in [0.25, 0.3) is 0 Å². The first-order valence-electron chi connectivity index (χ1n) is 5.89. The molecule has 0 unspecified atom stereocenters. The maximum absolute atomic E-state index is 13.7. The summed E-state index contributed by atoms with van der Waals surface area (Å²) < 4.78 is 28.2. The van der Waals surface area contributed by atoms with Crippen molar-refractivity contribution in [2.75, 3.05) is 13.7 Å². The zero-order valence-electron chi connectivity index (χ0n) is 11.5. The number of nitro groups is 1. The summed E-state index contributed by atoms with van der Waals surface area (Å²) in [6, 6.07) is 1.95. The van der Waals surface area contributed by atoms with Crippen molar-refractivity contribution in [1.29, 1.82) is 0 Å². The average Bonchev–Trinajstić information content (AvgIpc) is 2.38. The van der Waals surface area contributed by atoms with Crippen LogP contribution in [0.2, 0.25) is 0 Å². The number of carbonyl (C=O) groups is 1. The van der Waals surface area contributed by atoms with Gasteiger partial charge in [-0.2, -0.15) is 0 Å². The van der Waals surface area contributed by atoms with Crippen LogP contribution in [0.1, 0.15) is 12.5 Å². The van der Waals surface area contributed by atoms with Gasteiger partial charge in [-0.15, -0.1) is 0 Å². The number of nitrogens with zero attached hydrogens (tertiary/aromatic N) is 1. The van der Waals surface area contributed by atoms with Gasteiger partial charge in [0.15, 0.2) is 5.75 Å². The van der Waals surface area contributed by atoms with Gasteiger partial charge in [-0.25, -0.2) is 9.18 Å². The second-order valence-corrected chi connectivity index (χ2v) is 4.14. The highest BCUT2D eigenvalue weighted by atomic mass is 19.1. The average molecular weight is 302 g/mol. The molecule has 0 aromatic heterocycles. The van der Waals surface area contributed by atoms with E-state index in [1.165, 1.54) is 14.0 Å². The van der Waals surface area contributed by atoms with Crippen molar-refractivity contribution in [3.05, 3.63) is 33.6 Å². The topological polar surface area (TPSA) is 114 Å². The third kappa shape index (κ3) is 4.88. The Morgan fingerprint density at radius 3 is 2.71 bits per heavy atom. The van der Waals surface area contributed by atoms with Crippen LogP contribution in [-0.2, 0) is 16.1 Å². The van der Waals surface area contributed by atoms with Crippen LogP contribution in [0.5, 0.6) is 5.75 Å². The third-order valence-electron chi connectivity index (χ3n) is 2.47. The van der Waals surface area contributed by atoms with Gasteiger partial charge in [-0.3, -0.25) is 10.1 Å². The minimum Gasteiger partial charge on any atom is -0.490 e. The molecule has 0 aliphatic heterocycles. The zero-order valence-corrected chi connectivity index (χ0v) is 11.5. The summed E-state index contributed by atoms with van der Waals surface area (Å²) in [5.74, 6) is -0.868. The van der Waals surface area contributed by atoms with E-state index in [4.69, 9.17) is 15.2 Å². The summed E-state index contributed by atoms with van der Waals surface area (Å²) in [5.41, 5.74) is 4.45. The predicted molar refractivity (Wildman–Crippen MR) is 69.4 cm³/mol. The molecule has 8 nitrogen and oxygen atoms in total. The molecule has 1 atom stereocenters. The van der Waals surface area contributed by atoms with Gasteiger partial charge in [0.05, 0.1) is 25.2 Å². The molecule has 0 fully saturated rings. The summed E-state index contributed by atoms with van der Waals surface area (Å²) in [4.78, 5) is 20.6. The summed E-state index contributed by atoms with van der Waals surface area (Å²) >= 11 is 0. The molecule has 1 rings (SSSR count). The highest BCUT2D eigenvalue weighted by molar-refractivity contribution is 5.64. The lowest BCUT2D eigenvalue weighted by atomic mass is 10.2. The fraction of sp³-hybridized carbons (Fsp3) is 0.417. The predicted octanol–water partition coefficient (Wildman–Crippen LogP) is 1.74. The molecule has 0 aliphatic carbocycles. The van der Waals surface area contributed by atoms with E-state index in [2.05, 4.69) is 4.74 Å². The van der Waals surface area contributed by atoms with Crippen molar-refractivity contribution in [3.8, 4) is 5.75 Å². The maximum atomic E-state index is 13.7. The molecule has 21 heavy (non-hydrogen) atoms. The largest absolute Gasteiger partial charge is 0.490 e. The molecule has 0 saturated heterocycles. The maximum Gasteiger partial charge on any atom is 0.404 e. The van der Waals surface area contributed by atoms with E-state index < -0.39 is 22.9 Å². The molecule has 0 spiro atoms. The van der Waals surface area contributed by atoms with Gasteiger partial charge in [-0.1, -0.05) is 0 Å². The second kappa shape index (κ2) is 7.39. The van der Waals surface area contributed by atoms with Crippen LogP contribution < -0.4 is 10.5 Å². The molecule has 0 bridgehead atoms. The number of rotatable bonds is 7. The number of benzene rings is 1. The number of ether oxygens (including phenoxy) is 3. The molecule has 116 valence electrons. The Morgan fingerprint density at radius 1 is 1.52 bits per heavy atom. The highest BCUT2D eigenvalue weighted by Crippen LogP contribution is 2.30. The monoisotopic (exact) mass is 302 g/mol. The lowest BCUT2D eigenvalue weighted by Gasteiger charge is -2.12. The number of hydrogen-bond acceptors (Lipinski definition) is 6. The van der Waals surface area contributed by atoms with Crippen molar-refractivity contribution in [3.63, 3.8) is 0 Å². The van der Waals surface area contributed by atoms with E-state index >= 15 is 0 Å². The quantitative estimate of drug-likeness (QED) is 0.606. The second-order valence-electron chi connectivity index (χ2n) is 4.14. The van der Waals surface area contributed by atoms with Crippen molar-refractivity contribution in [2.45, 2.75) is 19.6 Å². The molecule has 0 aliphatic rings. The Balaban J connectivity index is 2.73. The summed E-state index contributed by atoms with van der Waals surface area (Å²) in [5, 5.41) is 10.8.